The third-order valence-corrected chi connectivity index (χ3v) is 1.57. The first kappa shape index (κ1) is 12.7. The quantitative estimate of drug-likeness (QED) is 0.386. The van der Waals surface area contributed by atoms with Crippen molar-refractivity contribution in [2.24, 2.45) is 0 Å². The molecule has 4 nitrogen and oxygen atoms in total. The highest BCUT2D eigenvalue weighted by molar-refractivity contribution is 5.79. The fourth-order valence-corrected chi connectivity index (χ4v) is 0.949. The van der Waals surface area contributed by atoms with E-state index in [0.29, 0.717) is 19.4 Å². The summed E-state index contributed by atoms with van der Waals surface area (Å²) in [5.74, 6) is -1.12. The summed E-state index contributed by atoms with van der Waals surface area (Å²) in [5.41, 5.74) is 0. The number of esters is 1. The smallest absolute Gasteiger partial charge is 0.327 e. The molecule has 4 heteroatoms. The molecule has 0 aliphatic heterocycles. The summed E-state index contributed by atoms with van der Waals surface area (Å²) in [4.78, 5) is 20.9. The van der Waals surface area contributed by atoms with E-state index in [0.717, 1.165) is 18.9 Å². The molecule has 0 saturated heterocycles. The molecule has 0 saturated carbocycles. The van der Waals surface area contributed by atoms with Crippen LogP contribution in [0.1, 0.15) is 32.6 Å². The van der Waals surface area contributed by atoms with E-state index in [4.69, 9.17) is 9.84 Å². The van der Waals surface area contributed by atoms with Crippen LogP contribution in [0, 0.1) is 0 Å². The van der Waals surface area contributed by atoms with Crippen molar-refractivity contribution in [1.82, 2.24) is 0 Å². The summed E-state index contributed by atoms with van der Waals surface area (Å²) in [7, 11) is 0. The first-order valence-electron chi connectivity index (χ1n) is 4.72. The van der Waals surface area contributed by atoms with Gasteiger partial charge in [0.2, 0.25) is 0 Å². The van der Waals surface area contributed by atoms with Gasteiger partial charge >= 0.3 is 11.9 Å². The predicted octanol–water partition coefficient (Wildman–Crippen LogP) is 1.75. The van der Waals surface area contributed by atoms with Crippen molar-refractivity contribution in [3.8, 4) is 0 Å². The van der Waals surface area contributed by atoms with Crippen LogP contribution in [-0.2, 0) is 14.3 Å². The molecule has 0 aromatic carbocycles. The monoisotopic (exact) mass is 200 g/mol. The minimum Gasteiger partial charge on any atom is -0.478 e. The van der Waals surface area contributed by atoms with Gasteiger partial charge in [0.1, 0.15) is 0 Å². The average Bonchev–Trinajstić information content (AvgIpc) is 2.11. The zero-order valence-electron chi connectivity index (χ0n) is 8.36. The Morgan fingerprint density at radius 3 is 2.64 bits per heavy atom. The van der Waals surface area contributed by atoms with E-state index < -0.39 is 5.97 Å². The maximum atomic E-state index is 10.8. The molecule has 1 N–H and O–H groups in total. The summed E-state index contributed by atoms with van der Waals surface area (Å²) in [6.07, 6.45) is 5.35. The largest absolute Gasteiger partial charge is 0.478 e. The molecule has 0 radical (unpaired) electrons. The lowest BCUT2D eigenvalue weighted by Gasteiger charge is -1.99. The maximum absolute atomic E-state index is 10.8. The van der Waals surface area contributed by atoms with Gasteiger partial charge in [0.25, 0.3) is 0 Å². The Morgan fingerprint density at radius 1 is 1.36 bits per heavy atom. The van der Waals surface area contributed by atoms with Gasteiger partial charge in [0.15, 0.2) is 0 Å². The number of ether oxygens (including phenoxy) is 1. The van der Waals surface area contributed by atoms with Crippen molar-refractivity contribution >= 4 is 11.9 Å². The molecule has 0 aliphatic rings. The third kappa shape index (κ3) is 8.77. The van der Waals surface area contributed by atoms with Gasteiger partial charge < -0.3 is 9.84 Å². The number of allylic oxidation sites excluding steroid dienone is 1. The molecular weight excluding hydrogens is 184 g/mol. The average molecular weight is 200 g/mol. The standard InChI is InChI=1S/C10H16O4/c1-2-14-10(13)8-6-4-3-5-7-9(11)12/h5,7H,2-4,6,8H2,1H3,(H,11,12). The van der Waals surface area contributed by atoms with Crippen LogP contribution < -0.4 is 0 Å². The lowest BCUT2D eigenvalue weighted by atomic mass is 10.2. The van der Waals surface area contributed by atoms with Crippen LogP contribution in [0.5, 0.6) is 0 Å². The highest BCUT2D eigenvalue weighted by atomic mass is 16.5. The number of carbonyl (C=O) groups excluding carboxylic acids is 1. The molecule has 0 rings (SSSR count). The van der Waals surface area contributed by atoms with E-state index in [1.807, 2.05) is 0 Å². The number of rotatable bonds is 7. The number of unbranched alkanes of at least 4 members (excludes halogenated alkanes) is 2. The number of hydrogen-bond acceptors (Lipinski definition) is 3. The highest BCUT2D eigenvalue weighted by Crippen LogP contribution is 2.02. The lowest BCUT2D eigenvalue weighted by molar-refractivity contribution is -0.143. The molecule has 14 heavy (non-hydrogen) atoms. The fraction of sp³-hybridized carbons (Fsp3) is 0.600. The molecule has 0 aromatic heterocycles. The zero-order valence-corrected chi connectivity index (χ0v) is 8.36. The minimum absolute atomic E-state index is 0.185. The Bertz CT molecular complexity index is 208. The van der Waals surface area contributed by atoms with Crippen molar-refractivity contribution in [3.05, 3.63) is 12.2 Å². The van der Waals surface area contributed by atoms with E-state index in [1.165, 1.54) is 0 Å². The van der Waals surface area contributed by atoms with E-state index in [9.17, 15) is 9.59 Å². The first-order chi connectivity index (χ1) is 6.66. The number of carboxylic acid groups (broad SMARTS) is 1. The van der Waals surface area contributed by atoms with Crippen molar-refractivity contribution < 1.29 is 19.4 Å². The lowest BCUT2D eigenvalue weighted by Crippen LogP contribution is -2.02. The normalized spacial score (nSPS) is 10.4. The van der Waals surface area contributed by atoms with Crippen LogP contribution in [0.15, 0.2) is 12.2 Å². The van der Waals surface area contributed by atoms with E-state index in [-0.39, 0.29) is 5.97 Å². The van der Waals surface area contributed by atoms with Crippen LogP contribution in [0.4, 0.5) is 0 Å². The van der Waals surface area contributed by atoms with Crippen molar-refractivity contribution in [1.29, 1.82) is 0 Å². The van der Waals surface area contributed by atoms with Gasteiger partial charge in [0, 0.05) is 12.5 Å². The van der Waals surface area contributed by atoms with Gasteiger partial charge in [-0.05, 0) is 26.2 Å². The van der Waals surface area contributed by atoms with Crippen LogP contribution in [-0.4, -0.2) is 23.7 Å². The molecule has 0 unspecified atom stereocenters. The summed E-state index contributed by atoms with van der Waals surface area (Å²) in [6.45, 7) is 2.19. The number of hydrogen-bond donors (Lipinski definition) is 1. The second-order valence-electron chi connectivity index (χ2n) is 2.79. The number of aliphatic carboxylic acids is 1. The molecule has 0 atom stereocenters. The number of carbonyl (C=O) groups is 2. The molecule has 0 amide bonds. The highest BCUT2D eigenvalue weighted by Gasteiger charge is 1.99. The van der Waals surface area contributed by atoms with Gasteiger partial charge in [-0.2, -0.15) is 0 Å². The topological polar surface area (TPSA) is 63.6 Å². The summed E-state index contributed by atoms with van der Waals surface area (Å²) in [5, 5.41) is 8.27. The van der Waals surface area contributed by atoms with Crippen LogP contribution in [0.25, 0.3) is 0 Å². The zero-order chi connectivity index (χ0) is 10.8. The molecule has 0 fully saturated rings. The Labute approximate surface area is 83.6 Å². The van der Waals surface area contributed by atoms with Crippen LogP contribution >= 0.6 is 0 Å². The van der Waals surface area contributed by atoms with E-state index in [2.05, 4.69) is 0 Å². The van der Waals surface area contributed by atoms with Crippen molar-refractivity contribution in [3.63, 3.8) is 0 Å². The maximum Gasteiger partial charge on any atom is 0.327 e. The second kappa shape index (κ2) is 8.29. The van der Waals surface area contributed by atoms with Gasteiger partial charge in [-0.3, -0.25) is 4.79 Å². The number of carboxylic acids is 1. The van der Waals surface area contributed by atoms with Crippen molar-refractivity contribution in [2.45, 2.75) is 32.6 Å². The van der Waals surface area contributed by atoms with E-state index >= 15 is 0 Å². The van der Waals surface area contributed by atoms with Crippen LogP contribution in [0.3, 0.4) is 0 Å². The van der Waals surface area contributed by atoms with E-state index in [1.54, 1.807) is 13.0 Å². The summed E-state index contributed by atoms with van der Waals surface area (Å²) in [6, 6.07) is 0. The molecule has 0 aromatic rings. The summed E-state index contributed by atoms with van der Waals surface area (Å²) < 4.78 is 4.74. The van der Waals surface area contributed by atoms with Gasteiger partial charge in [-0.15, -0.1) is 0 Å². The molecule has 0 spiro atoms. The van der Waals surface area contributed by atoms with Gasteiger partial charge in [0.05, 0.1) is 6.61 Å². The molecule has 0 bridgehead atoms. The van der Waals surface area contributed by atoms with Crippen molar-refractivity contribution in [2.75, 3.05) is 6.61 Å². The second-order valence-corrected chi connectivity index (χ2v) is 2.79. The SMILES string of the molecule is CCOC(=O)CCCCC=CC(=O)O. The third-order valence-electron chi connectivity index (χ3n) is 1.57. The minimum atomic E-state index is -0.935. The van der Waals surface area contributed by atoms with Gasteiger partial charge in [-0.1, -0.05) is 6.08 Å². The molecule has 80 valence electrons. The summed E-state index contributed by atoms with van der Waals surface area (Å²) >= 11 is 0. The Morgan fingerprint density at radius 2 is 2.07 bits per heavy atom. The molecule has 0 heterocycles. The first-order valence-corrected chi connectivity index (χ1v) is 4.72. The molecular formula is C10H16O4. The predicted molar refractivity (Wildman–Crippen MR) is 51.9 cm³/mol. The van der Waals surface area contributed by atoms with Crippen LogP contribution in [0.2, 0.25) is 0 Å². The fourth-order valence-electron chi connectivity index (χ4n) is 0.949. The Balaban J connectivity index is 3.29. The Hall–Kier alpha value is -1.32. The Kier molecular flexibility index (Phi) is 7.50. The molecule has 0 aliphatic carbocycles. The van der Waals surface area contributed by atoms with Gasteiger partial charge in [-0.25, -0.2) is 4.79 Å².